The summed E-state index contributed by atoms with van der Waals surface area (Å²) in [4.78, 5) is 26.1. The van der Waals surface area contributed by atoms with Crippen LogP contribution in [-0.2, 0) is 16.1 Å². The molecule has 0 bridgehead atoms. The minimum Gasteiger partial charge on any atom is -0.278 e. The zero-order chi connectivity index (χ0) is 14.1. The molecule has 102 valence electrons. The standard InChI is InChI=1S/C16H16N2O2/c17-9-11-5-7-12(8-6-11)10-18-15(19)13-3-1-2-4-14(13)16(18)20/h5-8,13-14H,1-4,10H2/t13-,14+. The number of rotatable bonds is 2. The Balaban J connectivity index is 1.78. The van der Waals surface area contributed by atoms with Crippen molar-refractivity contribution in [3.05, 3.63) is 35.4 Å². The summed E-state index contributed by atoms with van der Waals surface area (Å²) in [5.74, 6) is -0.197. The Morgan fingerprint density at radius 3 is 2.10 bits per heavy atom. The number of imide groups is 1. The van der Waals surface area contributed by atoms with E-state index < -0.39 is 0 Å². The summed E-state index contributed by atoms with van der Waals surface area (Å²) in [5, 5.41) is 8.77. The maximum Gasteiger partial charge on any atom is 0.233 e. The number of likely N-dealkylation sites (tertiary alicyclic amines) is 1. The molecule has 1 aromatic rings. The molecule has 2 fully saturated rings. The van der Waals surface area contributed by atoms with Crippen LogP contribution in [0.2, 0.25) is 0 Å². The van der Waals surface area contributed by atoms with Gasteiger partial charge in [0.15, 0.2) is 0 Å². The summed E-state index contributed by atoms with van der Waals surface area (Å²) in [6.07, 6.45) is 3.79. The first kappa shape index (κ1) is 12.9. The van der Waals surface area contributed by atoms with Crippen LogP contribution in [0.1, 0.15) is 36.8 Å². The van der Waals surface area contributed by atoms with E-state index in [1.807, 2.05) is 0 Å². The maximum atomic E-state index is 12.3. The highest BCUT2D eigenvalue weighted by Crippen LogP contribution is 2.38. The van der Waals surface area contributed by atoms with Crippen molar-refractivity contribution in [2.45, 2.75) is 32.2 Å². The Labute approximate surface area is 118 Å². The van der Waals surface area contributed by atoms with Crippen LogP contribution in [0.5, 0.6) is 0 Å². The Bertz CT molecular complexity index is 561. The molecule has 0 unspecified atom stereocenters. The first-order valence-corrected chi connectivity index (χ1v) is 7.05. The average Bonchev–Trinajstić information content (AvgIpc) is 2.74. The Kier molecular flexibility index (Phi) is 3.27. The fraction of sp³-hybridized carbons (Fsp3) is 0.438. The first-order valence-electron chi connectivity index (χ1n) is 7.05. The number of carbonyl (C=O) groups excluding carboxylic acids is 2. The molecule has 0 aromatic heterocycles. The van der Waals surface area contributed by atoms with Gasteiger partial charge in [-0.15, -0.1) is 0 Å². The number of amides is 2. The minimum atomic E-state index is -0.0883. The molecule has 4 nitrogen and oxygen atoms in total. The van der Waals surface area contributed by atoms with Crippen molar-refractivity contribution in [1.82, 2.24) is 4.90 Å². The maximum absolute atomic E-state index is 12.3. The molecule has 1 aliphatic carbocycles. The van der Waals surface area contributed by atoms with Crippen LogP contribution in [0.4, 0.5) is 0 Å². The van der Waals surface area contributed by atoms with Crippen LogP contribution < -0.4 is 0 Å². The molecule has 0 radical (unpaired) electrons. The second-order valence-corrected chi connectivity index (χ2v) is 5.57. The third-order valence-electron chi connectivity index (χ3n) is 4.36. The minimum absolute atomic E-state index is 0.0101. The van der Waals surface area contributed by atoms with Crippen molar-refractivity contribution in [2.24, 2.45) is 11.8 Å². The highest BCUT2D eigenvalue weighted by atomic mass is 16.2. The van der Waals surface area contributed by atoms with Gasteiger partial charge in [-0.1, -0.05) is 25.0 Å². The van der Waals surface area contributed by atoms with Crippen molar-refractivity contribution in [3.8, 4) is 6.07 Å². The van der Waals surface area contributed by atoms with E-state index in [1.54, 1.807) is 24.3 Å². The summed E-state index contributed by atoms with van der Waals surface area (Å²) in [6.45, 7) is 0.330. The van der Waals surface area contributed by atoms with E-state index in [1.165, 1.54) is 4.90 Å². The quantitative estimate of drug-likeness (QED) is 0.773. The molecule has 20 heavy (non-hydrogen) atoms. The fourth-order valence-electron chi connectivity index (χ4n) is 3.25. The molecular weight excluding hydrogens is 252 g/mol. The molecule has 3 rings (SSSR count). The molecule has 1 aliphatic heterocycles. The lowest BCUT2D eigenvalue weighted by molar-refractivity contribution is -0.140. The molecule has 1 heterocycles. The predicted octanol–water partition coefficient (Wildman–Crippen LogP) is 2.23. The van der Waals surface area contributed by atoms with Crippen LogP contribution in [0.3, 0.4) is 0 Å². The average molecular weight is 268 g/mol. The van der Waals surface area contributed by atoms with Crippen molar-refractivity contribution in [2.75, 3.05) is 0 Å². The van der Waals surface area contributed by atoms with Gasteiger partial charge >= 0.3 is 0 Å². The number of nitriles is 1. The van der Waals surface area contributed by atoms with Crippen molar-refractivity contribution >= 4 is 11.8 Å². The van der Waals surface area contributed by atoms with Gasteiger partial charge in [-0.3, -0.25) is 14.5 Å². The molecule has 2 atom stereocenters. The van der Waals surface area contributed by atoms with Gasteiger partial charge in [-0.25, -0.2) is 0 Å². The third kappa shape index (κ3) is 2.09. The molecule has 2 amide bonds. The van der Waals surface area contributed by atoms with Gasteiger partial charge in [0.05, 0.1) is 30.0 Å². The van der Waals surface area contributed by atoms with E-state index in [9.17, 15) is 9.59 Å². The van der Waals surface area contributed by atoms with Gasteiger partial charge < -0.3 is 0 Å². The van der Waals surface area contributed by atoms with Crippen molar-refractivity contribution < 1.29 is 9.59 Å². The van der Waals surface area contributed by atoms with Gasteiger partial charge in [-0.2, -0.15) is 5.26 Å². The molecule has 0 N–H and O–H groups in total. The Morgan fingerprint density at radius 2 is 1.60 bits per heavy atom. The summed E-state index contributed by atoms with van der Waals surface area (Å²) < 4.78 is 0. The first-order chi connectivity index (χ1) is 9.70. The van der Waals surface area contributed by atoms with E-state index >= 15 is 0 Å². The van der Waals surface area contributed by atoms with Crippen LogP contribution >= 0.6 is 0 Å². The largest absolute Gasteiger partial charge is 0.278 e. The predicted molar refractivity (Wildman–Crippen MR) is 72.2 cm³/mol. The van der Waals surface area contributed by atoms with Crippen LogP contribution in [0, 0.1) is 23.2 Å². The van der Waals surface area contributed by atoms with Gasteiger partial charge in [0, 0.05) is 0 Å². The van der Waals surface area contributed by atoms with Crippen LogP contribution in [0.25, 0.3) is 0 Å². The lowest BCUT2D eigenvalue weighted by atomic mass is 9.81. The van der Waals surface area contributed by atoms with E-state index in [0.717, 1.165) is 31.2 Å². The number of hydrogen-bond acceptors (Lipinski definition) is 3. The second-order valence-electron chi connectivity index (χ2n) is 5.57. The zero-order valence-corrected chi connectivity index (χ0v) is 11.2. The van der Waals surface area contributed by atoms with Gasteiger partial charge in [0.25, 0.3) is 0 Å². The topological polar surface area (TPSA) is 61.2 Å². The van der Waals surface area contributed by atoms with E-state index in [-0.39, 0.29) is 23.7 Å². The van der Waals surface area contributed by atoms with Crippen molar-refractivity contribution in [1.29, 1.82) is 5.26 Å². The molecule has 4 heteroatoms. The summed E-state index contributed by atoms with van der Waals surface area (Å²) in [7, 11) is 0. The molecular formula is C16H16N2O2. The molecule has 2 aliphatic rings. The molecule has 0 spiro atoms. The van der Waals surface area contributed by atoms with Crippen molar-refractivity contribution in [3.63, 3.8) is 0 Å². The number of nitrogens with zero attached hydrogens (tertiary/aromatic N) is 2. The number of hydrogen-bond donors (Lipinski definition) is 0. The van der Waals surface area contributed by atoms with E-state index in [4.69, 9.17) is 5.26 Å². The third-order valence-corrected chi connectivity index (χ3v) is 4.36. The lowest BCUT2D eigenvalue weighted by Gasteiger charge is -2.19. The van der Waals surface area contributed by atoms with Crippen LogP contribution in [0.15, 0.2) is 24.3 Å². The zero-order valence-electron chi connectivity index (χ0n) is 11.2. The Morgan fingerprint density at radius 1 is 1.05 bits per heavy atom. The smallest absolute Gasteiger partial charge is 0.233 e. The van der Waals surface area contributed by atoms with Gasteiger partial charge in [0.1, 0.15) is 0 Å². The van der Waals surface area contributed by atoms with E-state index in [2.05, 4.69) is 6.07 Å². The highest BCUT2D eigenvalue weighted by molar-refractivity contribution is 6.05. The molecule has 1 aromatic carbocycles. The monoisotopic (exact) mass is 268 g/mol. The van der Waals surface area contributed by atoms with Gasteiger partial charge in [0.2, 0.25) is 11.8 Å². The summed E-state index contributed by atoms with van der Waals surface area (Å²) in [5.41, 5.74) is 1.48. The fourth-order valence-corrected chi connectivity index (χ4v) is 3.25. The SMILES string of the molecule is N#Cc1ccc(CN2C(=O)[C@H]3CCCC[C@H]3C2=O)cc1. The normalized spacial score (nSPS) is 25.4. The Hall–Kier alpha value is -2.15. The van der Waals surface area contributed by atoms with Crippen LogP contribution in [-0.4, -0.2) is 16.7 Å². The number of carbonyl (C=O) groups is 2. The summed E-state index contributed by atoms with van der Waals surface area (Å²) >= 11 is 0. The van der Waals surface area contributed by atoms with E-state index in [0.29, 0.717) is 12.1 Å². The summed E-state index contributed by atoms with van der Waals surface area (Å²) in [6, 6.07) is 9.10. The number of benzene rings is 1. The van der Waals surface area contributed by atoms with Gasteiger partial charge in [-0.05, 0) is 30.5 Å². The molecule has 1 saturated heterocycles. The lowest BCUT2D eigenvalue weighted by Crippen LogP contribution is -2.30. The highest BCUT2D eigenvalue weighted by Gasteiger charge is 2.47. The number of fused-ring (bicyclic) bond motifs is 1. The molecule has 1 saturated carbocycles. The second kappa shape index (κ2) is 5.09.